The van der Waals surface area contributed by atoms with Gasteiger partial charge in [-0.15, -0.1) is 0 Å². The highest BCUT2D eigenvalue weighted by Crippen LogP contribution is 2.39. The molecule has 1 rings (SSSR count). The van der Waals surface area contributed by atoms with Crippen LogP contribution in [0.5, 0.6) is 0 Å². The van der Waals surface area contributed by atoms with Crippen LogP contribution in [0.2, 0.25) is 0 Å². The monoisotopic (exact) mass is 240 g/mol. The summed E-state index contributed by atoms with van der Waals surface area (Å²) in [6.07, 6.45) is 4.14. The maximum Gasteiger partial charge on any atom is 0.0156 e. The van der Waals surface area contributed by atoms with Crippen molar-refractivity contribution < 1.29 is 0 Å². The second-order valence-corrected chi connectivity index (χ2v) is 7.02. The van der Waals surface area contributed by atoms with Crippen molar-refractivity contribution in [2.75, 3.05) is 27.2 Å². The average Bonchev–Trinajstić information content (AvgIpc) is 2.14. The van der Waals surface area contributed by atoms with Crippen molar-refractivity contribution in [3.8, 4) is 0 Å². The summed E-state index contributed by atoms with van der Waals surface area (Å²) in [7, 11) is 4.40. The van der Waals surface area contributed by atoms with Crippen molar-refractivity contribution in [1.82, 2.24) is 10.2 Å². The van der Waals surface area contributed by atoms with E-state index in [0.717, 1.165) is 11.8 Å². The van der Waals surface area contributed by atoms with Crippen LogP contribution in [0.1, 0.15) is 47.0 Å². The molecule has 0 aromatic rings. The highest BCUT2D eigenvalue weighted by molar-refractivity contribution is 4.93. The fourth-order valence-electron chi connectivity index (χ4n) is 3.70. The Morgan fingerprint density at radius 3 is 2.53 bits per heavy atom. The zero-order valence-corrected chi connectivity index (χ0v) is 12.7. The van der Waals surface area contributed by atoms with E-state index in [9.17, 15) is 0 Å². The Balaban J connectivity index is 2.56. The number of nitrogens with one attached hydrogen (secondary N) is 1. The van der Waals surface area contributed by atoms with Crippen LogP contribution in [0.4, 0.5) is 0 Å². The van der Waals surface area contributed by atoms with Gasteiger partial charge in [-0.1, -0.05) is 34.1 Å². The third-order valence-corrected chi connectivity index (χ3v) is 4.24. The molecule has 0 radical (unpaired) electrons. The summed E-state index contributed by atoms with van der Waals surface area (Å²) in [5.41, 5.74) is 0.455. The summed E-state index contributed by atoms with van der Waals surface area (Å²) < 4.78 is 0. The van der Waals surface area contributed by atoms with Crippen molar-refractivity contribution in [3.63, 3.8) is 0 Å². The van der Waals surface area contributed by atoms with Gasteiger partial charge in [0.1, 0.15) is 0 Å². The van der Waals surface area contributed by atoms with Crippen LogP contribution >= 0.6 is 0 Å². The summed E-state index contributed by atoms with van der Waals surface area (Å²) in [6, 6.07) is 0.672. The van der Waals surface area contributed by atoms with Gasteiger partial charge in [0.2, 0.25) is 0 Å². The lowest BCUT2D eigenvalue weighted by Gasteiger charge is -2.45. The predicted octanol–water partition coefficient (Wildman–Crippen LogP) is 2.99. The standard InChI is InChI=1S/C15H32N2/c1-12(2)10-17(6)11-13-8-7-9-15(3,4)14(13)16-5/h12-14,16H,7-11H2,1-6H3. The van der Waals surface area contributed by atoms with Crippen LogP contribution in [0.25, 0.3) is 0 Å². The molecule has 1 fully saturated rings. The molecule has 0 spiro atoms. The first-order valence-corrected chi connectivity index (χ1v) is 7.22. The fourth-order valence-corrected chi connectivity index (χ4v) is 3.70. The van der Waals surface area contributed by atoms with Gasteiger partial charge in [-0.25, -0.2) is 0 Å². The molecule has 17 heavy (non-hydrogen) atoms. The van der Waals surface area contributed by atoms with Gasteiger partial charge in [0.25, 0.3) is 0 Å². The Labute approximate surface area is 108 Å². The quantitative estimate of drug-likeness (QED) is 0.795. The number of rotatable bonds is 5. The Morgan fingerprint density at radius 2 is 2.00 bits per heavy atom. The smallest absolute Gasteiger partial charge is 0.0156 e. The summed E-state index contributed by atoms with van der Waals surface area (Å²) in [4.78, 5) is 2.51. The highest BCUT2D eigenvalue weighted by Gasteiger charge is 2.38. The normalized spacial score (nSPS) is 28.9. The second-order valence-electron chi connectivity index (χ2n) is 7.02. The average molecular weight is 240 g/mol. The minimum absolute atomic E-state index is 0.455. The summed E-state index contributed by atoms with van der Waals surface area (Å²) in [5, 5.41) is 3.58. The molecule has 0 bridgehead atoms. The fraction of sp³-hybridized carbons (Fsp3) is 1.00. The van der Waals surface area contributed by atoms with Crippen molar-refractivity contribution in [2.45, 2.75) is 53.0 Å². The van der Waals surface area contributed by atoms with Gasteiger partial charge in [0.05, 0.1) is 0 Å². The topological polar surface area (TPSA) is 15.3 Å². The van der Waals surface area contributed by atoms with Gasteiger partial charge < -0.3 is 10.2 Å². The second kappa shape index (κ2) is 6.19. The molecule has 0 aromatic heterocycles. The molecule has 2 heteroatoms. The molecule has 0 saturated heterocycles. The number of hydrogen-bond donors (Lipinski definition) is 1. The molecule has 102 valence electrons. The van der Waals surface area contributed by atoms with Crippen molar-refractivity contribution in [2.24, 2.45) is 17.3 Å². The maximum atomic E-state index is 3.58. The van der Waals surface area contributed by atoms with Crippen LogP contribution in [-0.2, 0) is 0 Å². The van der Waals surface area contributed by atoms with Crippen LogP contribution in [0.15, 0.2) is 0 Å². The predicted molar refractivity (Wildman–Crippen MR) is 76.3 cm³/mol. The first kappa shape index (κ1) is 15.0. The molecule has 1 saturated carbocycles. The zero-order chi connectivity index (χ0) is 13.1. The van der Waals surface area contributed by atoms with Gasteiger partial charge in [-0.05, 0) is 44.2 Å². The zero-order valence-electron chi connectivity index (χ0n) is 12.7. The van der Waals surface area contributed by atoms with Crippen LogP contribution < -0.4 is 5.32 Å². The van der Waals surface area contributed by atoms with Crippen molar-refractivity contribution in [1.29, 1.82) is 0 Å². The maximum absolute atomic E-state index is 3.58. The van der Waals surface area contributed by atoms with Crippen LogP contribution in [-0.4, -0.2) is 38.1 Å². The lowest BCUT2D eigenvalue weighted by molar-refractivity contribution is 0.0877. The molecule has 1 aliphatic rings. The summed E-state index contributed by atoms with van der Waals surface area (Å²) in [6.45, 7) is 11.9. The highest BCUT2D eigenvalue weighted by atomic mass is 15.1. The molecule has 1 N–H and O–H groups in total. The Kier molecular flexibility index (Phi) is 5.46. The molecular weight excluding hydrogens is 208 g/mol. The summed E-state index contributed by atoms with van der Waals surface area (Å²) in [5.74, 6) is 1.58. The van der Waals surface area contributed by atoms with E-state index in [1.165, 1.54) is 32.4 Å². The van der Waals surface area contributed by atoms with E-state index in [1.807, 2.05) is 0 Å². The van der Waals surface area contributed by atoms with Crippen LogP contribution in [0.3, 0.4) is 0 Å². The Morgan fingerprint density at radius 1 is 1.35 bits per heavy atom. The van der Waals surface area contributed by atoms with E-state index in [1.54, 1.807) is 0 Å². The SMILES string of the molecule is CNC1C(CN(C)CC(C)C)CCCC1(C)C. The van der Waals surface area contributed by atoms with Gasteiger partial charge in [0, 0.05) is 19.1 Å². The van der Waals surface area contributed by atoms with Gasteiger partial charge in [-0.3, -0.25) is 0 Å². The van der Waals surface area contributed by atoms with E-state index in [-0.39, 0.29) is 0 Å². The van der Waals surface area contributed by atoms with Gasteiger partial charge in [0.15, 0.2) is 0 Å². The summed E-state index contributed by atoms with van der Waals surface area (Å²) >= 11 is 0. The third-order valence-electron chi connectivity index (χ3n) is 4.24. The number of nitrogens with zero attached hydrogens (tertiary/aromatic N) is 1. The van der Waals surface area contributed by atoms with Gasteiger partial charge in [-0.2, -0.15) is 0 Å². The molecule has 0 aliphatic heterocycles. The third kappa shape index (κ3) is 4.26. The molecule has 0 aromatic carbocycles. The number of hydrogen-bond acceptors (Lipinski definition) is 2. The Hall–Kier alpha value is -0.0800. The molecule has 1 aliphatic carbocycles. The molecule has 2 nitrogen and oxygen atoms in total. The first-order chi connectivity index (χ1) is 7.86. The van der Waals surface area contributed by atoms with Crippen molar-refractivity contribution in [3.05, 3.63) is 0 Å². The molecule has 0 heterocycles. The lowest BCUT2D eigenvalue weighted by Crippen LogP contribution is -2.51. The van der Waals surface area contributed by atoms with Crippen LogP contribution in [0, 0.1) is 17.3 Å². The largest absolute Gasteiger partial charge is 0.316 e. The minimum Gasteiger partial charge on any atom is -0.316 e. The van der Waals surface area contributed by atoms with E-state index in [2.05, 4.69) is 52.0 Å². The van der Waals surface area contributed by atoms with E-state index >= 15 is 0 Å². The minimum atomic E-state index is 0.455. The van der Waals surface area contributed by atoms with Gasteiger partial charge >= 0.3 is 0 Å². The molecule has 0 amide bonds. The van der Waals surface area contributed by atoms with E-state index in [0.29, 0.717) is 11.5 Å². The first-order valence-electron chi connectivity index (χ1n) is 7.22. The molecule has 2 atom stereocenters. The molecule has 2 unspecified atom stereocenters. The molecular formula is C15H32N2. The lowest BCUT2D eigenvalue weighted by atomic mass is 9.68. The van der Waals surface area contributed by atoms with E-state index < -0.39 is 0 Å². The van der Waals surface area contributed by atoms with E-state index in [4.69, 9.17) is 0 Å². The Bertz CT molecular complexity index is 223. The van der Waals surface area contributed by atoms with Crippen molar-refractivity contribution >= 4 is 0 Å².